The van der Waals surface area contributed by atoms with E-state index in [0.717, 1.165) is 11.3 Å². The molecular formula is C28H35NO4. The molecule has 0 bridgehead atoms. The molecule has 3 rings (SSSR count). The van der Waals surface area contributed by atoms with Gasteiger partial charge in [0.05, 0.1) is 14.2 Å². The summed E-state index contributed by atoms with van der Waals surface area (Å²) in [6.07, 6.45) is 1.39. The van der Waals surface area contributed by atoms with Gasteiger partial charge < -0.3 is 18.8 Å². The number of carbonyl (C=O) groups excluding carboxylic acids is 1. The van der Waals surface area contributed by atoms with Crippen LogP contribution in [0.25, 0.3) is 0 Å². The van der Waals surface area contributed by atoms with E-state index in [1.807, 2.05) is 24.3 Å². The molecule has 33 heavy (non-hydrogen) atoms. The van der Waals surface area contributed by atoms with Crippen LogP contribution in [-0.4, -0.2) is 38.6 Å². The number of furan rings is 1. The third-order valence-corrected chi connectivity index (χ3v) is 6.91. The van der Waals surface area contributed by atoms with E-state index in [2.05, 4.69) is 34.6 Å². The van der Waals surface area contributed by atoms with Crippen LogP contribution >= 0.6 is 0 Å². The van der Waals surface area contributed by atoms with Crippen LogP contribution < -0.4 is 9.47 Å². The maximum atomic E-state index is 12.9. The fourth-order valence-corrected chi connectivity index (χ4v) is 4.23. The molecule has 0 atom stereocenters. The van der Waals surface area contributed by atoms with Crippen molar-refractivity contribution in [3.8, 4) is 11.5 Å². The quantitative estimate of drug-likeness (QED) is 0.440. The van der Waals surface area contributed by atoms with Gasteiger partial charge in [-0.3, -0.25) is 4.79 Å². The fourth-order valence-electron chi connectivity index (χ4n) is 4.23. The minimum atomic E-state index is -0.119. The third kappa shape index (κ3) is 5.08. The maximum Gasteiger partial charge on any atom is 0.289 e. The first-order valence-corrected chi connectivity index (χ1v) is 11.3. The highest BCUT2D eigenvalue weighted by atomic mass is 16.5. The molecule has 0 aliphatic carbocycles. The lowest BCUT2D eigenvalue weighted by Gasteiger charge is -2.18. The molecule has 0 spiro atoms. The smallest absolute Gasteiger partial charge is 0.289 e. The molecule has 0 aliphatic rings. The number of amides is 1. The first-order valence-electron chi connectivity index (χ1n) is 11.3. The summed E-state index contributed by atoms with van der Waals surface area (Å²) in [5.41, 5.74) is 8.95. The van der Waals surface area contributed by atoms with E-state index in [9.17, 15) is 4.79 Å². The van der Waals surface area contributed by atoms with Crippen molar-refractivity contribution < 1.29 is 18.7 Å². The van der Waals surface area contributed by atoms with Crippen LogP contribution in [0.4, 0.5) is 0 Å². The summed E-state index contributed by atoms with van der Waals surface area (Å²) in [6, 6.07) is 9.51. The molecule has 0 saturated heterocycles. The van der Waals surface area contributed by atoms with Crippen LogP contribution in [0.1, 0.15) is 55.3 Å². The number of benzene rings is 2. The molecule has 1 amide bonds. The number of ether oxygens (including phenoxy) is 2. The van der Waals surface area contributed by atoms with Crippen molar-refractivity contribution in [1.29, 1.82) is 0 Å². The lowest BCUT2D eigenvalue weighted by molar-refractivity contribution is 0.0763. The summed E-state index contributed by atoms with van der Waals surface area (Å²) in [7, 11) is 5.03. The first-order chi connectivity index (χ1) is 15.7. The molecule has 0 radical (unpaired) electrons. The normalized spacial score (nSPS) is 10.9. The van der Waals surface area contributed by atoms with Gasteiger partial charge in [-0.2, -0.15) is 0 Å². The Morgan fingerprint density at radius 3 is 2.06 bits per heavy atom. The van der Waals surface area contributed by atoms with Crippen LogP contribution in [0.5, 0.6) is 11.5 Å². The van der Waals surface area contributed by atoms with Gasteiger partial charge in [-0.25, -0.2) is 0 Å². The topological polar surface area (TPSA) is 51.9 Å². The van der Waals surface area contributed by atoms with Gasteiger partial charge in [-0.1, -0.05) is 6.07 Å². The van der Waals surface area contributed by atoms with Crippen molar-refractivity contribution >= 4 is 5.91 Å². The monoisotopic (exact) mass is 449 g/mol. The highest BCUT2D eigenvalue weighted by Gasteiger charge is 2.18. The minimum absolute atomic E-state index is 0.119. The molecule has 0 unspecified atom stereocenters. The summed E-state index contributed by atoms with van der Waals surface area (Å²) in [5, 5.41) is 0. The van der Waals surface area contributed by atoms with Crippen molar-refractivity contribution in [2.75, 3.05) is 27.8 Å². The van der Waals surface area contributed by atoms with E-state index in [1.54, 1.807) is 32.2 Å². The molecule has 5 heteroatoms. The summed E-state index contributed by atoms with van der Waals surface area (Å²) in [6.45, 7) is 11.4. The van der Waals surface area contributed by atoms with Crippen molar-refractivity contribution in [2.24, 2.45) is 0 Å². The van der Waals surface area contributed by atoms with E-state index >= 15 is 0 Å². The van der Waals surface area contributed by atoms with Gasteiger partial charge in [-0.05, 0) is 104 Å². The van der Waals surface area contributed by atoms with Gasteiger partial charge >= 0.3 is 0 Å². The Balaban J connectivity index is 1.69. The number of hydrogen-bond acceptors (Lipinski definition) is 4. The summed E-state index contributed by atoms with van der Waals surface area (Å²) in [5.74, 6) is 2.44. The SMILES string of the molecule is COc1ccc(CCN(C)C(=O)c2ccc(Cc3c(C)c(C)c(C)c(C)c3C)o2)cc1OC. The van der Waals surface area contributed by atoms with Gasteiger partial charge in [0.2, 0.25) is 0 Å². The van der Waals surface area contributed by atoms with Gasteiger partial charge in [0.15, 0.2) is 17.3 Å². The molecule has 1 aromatic heterocycles. The zero-order chi connectivity index (χ0) is 24.3. The van der Waals surface area contributed by atoms with E-state index in [4.69, 9.17) is 13.9 Å². The van der Waals surface area contributed by atoms with Crippen LogP contribution in [0.3, 0.4) is 0 Å². The molecule has 3 aromatic rings. The van der Waals surface area contributed by atoms with E-state index in [0.29, 0.717) is 36.6 Å². The number of likely N-dealkylation sites (N-methyl/N-ethyl adjacent to an activating group) is 1. The summed E-state index contributed by atoms with van der Waals surface area (Å²) >= 11 is 0. The molecule has 0 N–H and O–H groups in total. The molecule has 0 aliphatic heterocycles. The summed E-state index contributed by atoms with van der Waals surface area (Å²) in [4.78, 5) is 14.6. The van der Waals surface area contributed by atoms with E-state index in [1.165, 1.54) is 33.4 Å². The number of carbonyl (C=O) groups is 1. The third-order valence-electron chi connectivity index (χ3n) is 6.91. The Hall–Kier alpha value is -3.21. The second-order valence-corrected chi connectivity index (χ2v) is 8.71. The zero-order valence-electron chi connectivity index (χ0n) is 21.1. The molecule has 176 valence electrons. The molecule has 5 nitrogen and oxygen atoms in total. The number of nitrogens with zero attached hydrogens (tertiary/aromatic N) is 1. The Bertz CT molecular complexity index is 1130. The predicted molar refractivity (Wildman–Crippen MR) is 132 cm³/mol. The Morgan fingerprint density at radius 1 is 0.848 bits per heavy atom. The van der Waals surface area contributed by atoms with Gasteiger partial charge in [0.1, 0.15) is 5.76 Å². The van der Waals surface area contributed by atoms with Gasteiger partial charge in [0, 0.05) is 20.0 Å². The molecule has 1 heterocycles. The first kappa shape index (κ1) is 24.4. The Morgan fingerprint density at radius 2 is 1.45 bits per heavy atom. The number of rotatable bonds is 8. The largest absolute Gasteiger partial charge is 0.493 e. The maximum absolute atomic E-state index is 12.9. The molecule has 2 aromatic carbocycles. The fraction of sp³-hybridized carbons (Fsp3) is 0.393. The highest BCUT2D eigenvalue weighted by Crippen LogP contribution is 2.29. The number of hydrogen-bond donors (Lipinski definition) is 0. The average Bonchev–Trinajstić information content (AvgIpc) is 3.30. The molecule has 0 fully saturated rings. The Labute approximate surface area is 197 Å². The van der Waals surface area contributed by atoms with Gasteiger partial charge in [-0.15, -0.1) is 0 Å². The van der Waals surface area contributed by atoms with Crippen LogP contribution in [0, 0.1) is 34.6 Å². The van der Waals surface area contributed by atoms with Crippen LogP contribution in [0.15, 0.2) is 34.7 Å². The van der Waals surface area contributed by atoms with Crippen molar-refractivity contribution in [1.82, 2.24) is 4.90 Å². The molecule has 0 saturated carbocycles. The van der Waals surface area contributed by atoms with Gasteiger partial charge in [0.25, 0.3) is 5.91 Å². The standard InChI is InChI=1S/C28H35NO4/c1-17-18(2)20(4)24(21(5)19(17)3)16-23-10-12-26(33-23)28(30)29(6)14-13-22-9-11-25(31-7)27(15-22)32-8/h9-12,15H,13-14,16H2,1-8H3. The minimum Gasteiger partial charge on any atom is -0.493 e. The molecular weight excluding hydrogens is 414 g/mol. The average molecular weight is 450 g/mol. The highest BCUT2D eigenvalue weighted by molar-refractivity contribution is 5.91. The van der Waals surface area contributed by atoms with Crippen molar-refractivity contribution in [3.05, 3.63) is 80.8 Å². The van der Waals surface area contributed by atoms with Crippen LogP contribution in [0.2, 0.25) is 0 Å². The van der Waals surface area contributed by atoms with Crippen molar-refractivity contribution in [2.45, 2.75) is 47.5 Å². The zero-order valence-corrected chi connectivity index (χ0v) is 21.1. The van der Waals surface area contributed by atoms with E-state index < -0.39 is 0 Å². The van der Waals surface area contributed by atoms with Crippen LogP contribution in [-0.2, 0) is 12.8 Å². The summed E-state index contributed by atoms with van der Waals surface area (Å²) < 4.78 is 16.6. The van der Waals surface area contributed by atoms with Crippen molar-refractivity contribution in [3.63, 3.8) is 0 Å². The number of methoxy groups -OCH3 is 2. The second kappa shape index (κ2) is 10.2. The van der Waals surface area contributed by atoms with E-state index in [-0.39, 0.29) is 5.91 Å². The lowest BCUT2D eigenvalue weighted by atomic mass is 9.88. The lowest BCUT2D eigenvalue weighted by Crippen LogP contribution is -2.28. The Kier molecular flexibility index (Phi) is 7.52. The predicted octanol–water partition coefficient (Wildman–Crippen LogP) is 5.74. The second-order valence-electron chi connectivity index (χ2n) is 8.71.